The molecule has 1 fully saturated rings. The molecule has 1 aliphatic rings. The normalized spacial score (nSPS) is 20.9. The van der Waals surface area contributed by atoms with Crippen molar-refractivity contribution >= 4 is 11.7 Å². The number of hydrogen-bond acceptors (Lipinski definition) is 5. The van der Waals surface area contributed by atoms with Gasteiger partial charge in [-0.15, -0.1) is 0 Å². The number of nitrogens with zero attached hydrogens (tertiary/aromatic N) is 5. The highest BCUT2D eigenvalue weighted by atomic mass is 16.2. The van der Waals surface area contributed by atoms with Gasteiger partial charge in [0.25, 0.3) is 5.91 Å². The van der Waals surface area contributed by atoms with Crippen LogP contribution in [0.3, 0.4) is 0 Å². The Hall–Kier alpha value is -2.44. The van der Waals surface area contributed by atoms with Crippen molar-refractivity contribution in [1.29, 1.82) is 0 Å². The fourth-order valence-electron chi connectivity index (χ4n) is 3.41. The molecule has 0 spiro atoms. The molecule has 7 heteroatoms. The predicted octanol–water partition coefficient (Wildman–Crippen LogP) is 1.77. The summed E-state index contributed by atoms with van der Waals surface area (Å²) in [5.74, 6) is 1.69. The van der Waals surface area contributed by atoms with Crippen LogP contribution in [0.1, 0.15) is 41.6 Å². The molecule has 1 N–H and O–H groups in total. The monoisotopic (exact) mass is 328 g/mol. The first-order chi connectivity index (χ1) is 11.4. The number of amides is 1. The number of aromatic nitrogens is 4. The van der Waals surface area contributed by atoms with Crippen LogP contribution in [0.25, 0.3) is 0 Å². The second kappa shape index (κ2) is 6.22. The molecule has 24 heavy (non-hydrogen) atoms. The summed E-state index contributed by atoms with van der Waals surface area (Å²) in [6, 6.07) is 1.94. The zero-order valence-electron chi connectivity index (χ0n) is 14.7. The largest absolute Gasteiger partial charge is 0.356 e. The Morgan fingerprint density at radius 3 is 2.92 bits per heavy atom. The lowest BCUT2D eigenvalue weighted by atomic mass is 9.77. The van der Waals surface area contributed by atoms with Crippen molar-refractivity contribution in [2.45, 2.75) is 32.1 Å². The number of aromatic amines is 1. The summed E-state index contributed by atoms with van der Waals surface area (Å²) in [4.78, 5) is 25.0. The number of carbonyl (C=O) groups excluding carboxylic acids is 1. The minimum absolute atomic E-state index is 0.0185. The van der Waals surface area contributed by atoms with Gasteiger partial charge in [-0.05, 0) is 25.8 Å². The first kappa shape index (κ1) is 16.4. The van der Waals surface area contributed by atoms with Crippen molar-refractivity contribution in [3.63, 3.8) is 0 Å². The molecule has 128 valence electrons. The molecule has 3 rings (SSSR count). The van der Waals surface area contributed by atoms with Crippen molar-refractivity contribution in [3.05, 3.63) is 35.5 Å². The van der Waals surface area contributed by atoms with E-state index in [1.54, 1.807) is 31.4 Å². The Balaban J connectivity index is 1.91. The van der Waals surface area contributed by atoms with Gasteiger partial charge in [-0.3, -0.25) is 9.89 Å². The summed E-state index contributed by atoms with van der Waals surface area (Å²) >= 11 is 0. The van der Waals surface area contributed by atoms with E-state index >= 15 is 0 Å². The van der Waals surface area contributed by atoms with Crippen LogP contribution < -0.4 is 4.90 Å². The molecule has 1 unspecified atom stereocenters. The first-order valence-electron chi connectivity index (χ1n) is 8.21. The lowest BCUT2D eigenvalue weighted by Gasteiger charge is -2.41. The number of anilines is 1. The molecule has 0 saturated carbocycles. The van der Waals surface area contributed by atoms with Crippen molar-refractivity contribution < 1.29 is 4.79 Å². The summed E-state index contributed by atoms with van der Waals surface area (Å²) in [7, 11) is 3.52. The molecule has 1 aliphatic heterocycles. The van der Waals surface area contributed by atoms with E-state index in [0.29, 0.717) is 5.56 Å². The Bertz CT molecular complexity index is 740. The van der Waals surface area contributed by atoms with E-state index in [2.05, 4.69) is 32.0 Å². The molecular formula is C17H24N6O. The highest BCUT2D eigenvalue weighted by molar-refractivity contribution is 5.95. The highest BCUT2D eigenvalue weighted by Gasteiger charge is 2.37. The number of H-pyrrole nitrogens is 1. The fourth-order valence-corrected chi connectivity index (χ4v) is 3.41. The summed E-state index contributed by atoms with van der Waals surface area (Å²) in [5, 5.41) is 7.22. The third-order valence-electron chi connectivity index (χ3n) is 4.66. The van der Waals surface area contributed by atoms with Gasteiger partial charge in [-0.2, -0.15) is 5.10 Å². The lowest BCUT2D eigenvalue weighted by Crippen LogP contribution is -2.46. The van der Waals surface area contributed by atoms with Gasteiger partial charge >= 0.3 is 0 Å². The first-order valence-corrected chi connectivity index (χ1v) is 8.21. The SMILES string of the molecule is Cc1nccc(N2CCCC(C)(c3[nH]ncc3C(=O)N(C)C)C2)n1. The molecule has 0 aliphatic carbocycles. The zero-order chi connectivity index (χ0) is 17.3. The molecule has 2 aromatic heterocycles. The van der Waals surface area contributed by atoms with Gasteiger partial charge in [0.15, 0.2) is 0 Å². The maximum absolute atomic E-state index is 12.4. The van der Waals surface area contributed by atoms with E-state index in [4.69, 9.17) is 0 Å². The molecule has 3 heterocycles. The van der Waals surface area contributed by atoms with Gasteiger partial charge in [0, 0.05) is 38.8 Å². The number of nitrogens with one attached hydrogen (secondary N) is 1. The number of carbonyl (C=O) groups is 1. The van der Waals surface area contributed by atoms with Gasteiger partial charge in [-0.25, -0.2) is 9.97 Å². The van der Waals surface area contributed by atoms with Crippen molar-refractivity contribution in [2.24, 2.45) is 0 Å². The zero-order valence-corrected chi connectivity index (χ0v) is 14.7. The van der Waals surface area contributed by atoms with Crippen LogP contribution >= 0.6 is 0 Å². The molecule has 1 atom stereocenters. The fraction of sp³-hybridized carbons (Fsp3) is 0.529. The van der Waals surface area contributed by atoms with E-state index in [1.165, 1.54) is 0 Å². The van der Waals surface area contributed by atoms with Crippen LogP contribution in [0.5, 0.6) is 0 Å². The molecule has 1 amide bonds. The van der Waals surface area contributed by atoms with Crippen LogP contribution in [0.15, 0.2) is 18.5 Å². The van der Waals surface area contributed by atoms with E-state index in [-0.39, 0.29) is 11.3 Å². The van der Waals surface area contributed by atoms with Crippen LogP contribution in [-0.4, -0.2) is 58.2 Å². The molecule has 2 aromatic rings. The summed E-state index contributed by atoms with van der Waals surface area (Å²) < 4.78 is 0. The number of piperidine rings is 1. The van der Waals surface area contributed by atoms with E-state index in [9.17, 15) is 4.79 Å². The standard InChI is InChI=1S/C17H24N6O/c1-12-18-8-6-14(20-12)23-9-5-7-17(2,11-23)15-13(10-19-21-15)16(24)22(3)4/h6,8,10H,5,7,9,11H2,1-4H3,(H,19,21). The van der Waals surface area contributed by atoms with Crippen LogP contribution in [-0.2, 0) is 5.41 Å². The summed E-state index contributed by atoms with van der Waals surface area (Å²) in [6.07, 6.45) is 5.47. The number of aryl methyl sites for hydroxylation is 1. The maximum Gasteiger partial charge on any atom is 0.256 e. The number of rotatable bonds is 3. The van der Waals surface area contributed by atoms with Gasteiger partial charge in [-0.1, -0.05) is 6.92 Å². The quantitative estimate of drug-likeness (QED) is 0.929. The molecule has 1 saturated heterocycles. The van der Waals surface area contributed by atoms with Crippen molar-refractivity contribution in [3.8, 4) is 0 Å². The van der Waals surface area contributed by atoms with Gasteiger partial charge in [0.05, 0.1) is 17.5 Å². The van der Waals surface area contributed by atoms with Crippen LogP contribution in [0.4, 0.5) is 5.82 Å². The van der Waals surface area contributed by atoms with Gasteiger partial charge < -0.3 is 9.80 Å². The van der Waals surface area contributed by atoms with E-state index < -0.39 is 0 Å². The Morgan fingerprint density at radius 2 is 2.21 bits per heavy atom. The van der Waals surface area contributed by atoms with Crippen LogP contribution in [0.2, 0.25) is 0 Å². The molecule has 0 bridgehead atoms. The third kappa shape index (κ3) is 2.98. The second-order valence-electron chi connectivity index (χ2n) is 6.91. The average molecular weight is 328 g/mol. The van der Waals surface area contributed by atoms with Gasteiger partial charge in [0.1, 0.15) is 11.6 Å². The molecule has 0 aromatic carbocycles. The Morgan fingerprint density at radius 1 is 1.42 bits per heavy atom. The predicted molar refractivity (Wildman–Crippen MR) is 92.2 cm³/mol. The van der Waals surface area contributed by atoms with Crippen LogP contribution in [0, 0.1) is 6.92 Å². The second-order valence-corrected chi connectivity index (χ2v) is 6.91. The smallest absolute Gasteiger partial charge is 0.256 e. The molecule has 7 nitrogen and oxygen atoms in total. The summed E-state index contributed by atoms with van der Waals surface area (Å²) in [6.45, 7) is 5.83. The lowest BCUT2D eigenvalue weighted by molar-refractivity contribution is 0.0824. The highest BCUT2D eigenvalue weighted by Crippen LogP contribution is 2.36. The topological polar surface area (TPSA) is 78.0 Å². The van der Waals surface area contributed by atoms with E-state index in [0.717, 1.165) is 43.3 Å². The Labute approximate surface area is 142 Å². The average Bonchev–Trinajstić information content (AvgIpc) is 3.04. The molecule has 0 radical (unpaired) electrons. The van der Waals surface area contributed by atoms with Crippen molar-refractivity contribution in [2.75, 3.05) is 32.1 Å². The maximum atomic E-state index is 12.4. The van der Waals surface area contributed by atoms with Crippen molar-refractivity contribution in [1.82, 2.24) is 25.1 Å². The molecular weight excluding hydrogens is 304 g/mol. The Kier molecular flexibility index (Phi) is 4.26. The minimum Gasteiger partial charge on any atom is -0.356 e. The summed E-state index contributed by atoms with van der Waals surface area (Å²) in [5.41, 5.74) is 1.40. The minimum atomic E-state index is -0.172. The third-order valence-corrected chi connectivity index (χ3v) is 4.66. The van der Waals surface area contributed by atoms with E-state index in [1.807, 2.05) is 13.0 Å². The number of hydrogen-bond donors (Lipinski definition) is 1. The van der Waals surface area contributed by atoms with Gasteiger partial charge in [0.2, 0.25) is 0 Å².